The molecule has 0 saturated heterocycles. The number of furan rings is 1. The summed E-state index contributed by atoms with van der Waals surface area (Å²) in [6.07, 6.45) is 0. The third-order valence-electron chi connectivity index (χ3n) is 9.88. The van der Waals surface area contributed by atoms with Crippen molar-refractivity contribution in [1.29, 1.82) is 0 Å². The summed E-state index contributed by atoms with van der Waals surface area (Å²) in [5.41, 5.74) is 11.0. The van der Waals surface area contributed by atoms with Gasteiger partial charge in [0, 0.05) is 32.8 Å². The summed E-state index contributed by atoms with van der Waals surface area (Å²) < 4.78 is 6.81. The van der Waals surface area contributed by atoms with E-state index in [1.54, 1.807) is 0 Å². The number of nitrogens with zero attached hydrogens (tertiary/aromatic N) is 2. The van der Waals surface area contributed by atoms with Crippen LogP contribution in [0.3, 0.4) is 0 Å². The van der Waals surface area contributed by atoms with Gasteiger partial charge in [-0.2, -0.15) is 0 Å². The van der Waals surface area contributed by atoms with E-state index in [1.807, 2.05) is 36.4 Å². The van der Waals surface area contributed by atoms with Crippen molar-refractivity contribution in [2.24, 2.45) is 0 Å². The van der Waals surface area contributed by atoms with Crippen LogP contribution < -0.4 is 0 Å². The molecule has 0 radical (unpaired) electrons. The Bertz CT molecular complexity index is 2830. The molecule has 0 N–H and O–H groups in total. The summed E-state index contributed by atoms with van der Waals surface area (Å²) in [7, 11) is 0. The smallest absolute Gasteiger partial charge is 0.160 e. The van der Waals surface area contributed by atoms with Crippen LogP contribution in [0.25, 0.3) is 99.6 Å². The number of rotatable bonds is 5. The van der Waals surface area contributed by atoms with Crippen molar-refractivity contribution in [3.05, 3.63) is 182 Å². The molecule has 3 heteroatoms. The first-order chi connectivity index (χ1) is 25.3. The molecule has 0 amide bonds. The zero-order valence-electron chi connectivity index (χ0n) is 27.6. The molecule has 0 aliphatic rings. The number of hydrogen-bond acceptors (Lipinski definition) is 3. The molecule has 3 nitrogen and oxygen atoms in total. The molecule has 0 bridgehead atoms. The first-order valence-electron chi connectivity index (χ1n) is 17.2. The predicted octanol–water partition coefficient (Wildman–Crippen LogP) is 13.0. The number of hydrogen-bond donors (Lipinski definition) is 0. The van der Waals surface area contributed by atoms with E-state index in [-0.39, 0.29) is 0 Å². The summed E-state index contributed by atoms with van der Waals surface area (Å²) in [4.78, 5) is 10.3. The van der Waals surface area contributed by atoms with Gasteiger partial charge in [0.15, 0.2) is 5.82 Å². The second-order valence-corrected chi connectivity index (χ2v) is 13.0. The van der Waals surface area contributed by atoms with Crippen molar-refractivity contribution in [3.8, 4) is 56.2 Å². The number of benzene rings is 8. The van der Waals surface area contributed by atoms with E-state index in [4.69, 9.17) is 14.4 Å². The Morgan fingerprint density at radius 1 is 0.353 bits per heavy atom. The monoisotopic (exact) mass is 650 g/mol. The Labute approximate surface area is 295 Å². The van der Waals surface area contributed by atoms with Gasteiger partial charge in [-0.1, -0.05) is 158 Å². The highest BCUT2D eigenvalue weighted by Gasteiger charge is 2.19. The van der Waals surface area contributed by atoms with Crippen LogP contribution in [0.4, 0.5) is 0 Å². The van der Waals surface area contributed by atoms with Crippen LogP contribution in [0.1, 0.15) is 0 Å². The van der Waals surface area contributed by atoms with Gasteiger partial charge < -0.3 is 4.42 Å². The van der Waals surface area contributed by atoms with Gasteiger partial charge in [0.2, 0.25) is 0 Å². The van der Waals surface area contributed by atoms with Gasteiger partial charge in [-0.25, -0.2) is 9.97 Å². The van der Waals surface area contributed by atoms with Crippen LogP contribution in [0.2, 0.25) is 0 Å². The van der Waals surface area contributed by atoms with E-state index >= 15 is 0 Å². The maximum Gasteiger partial charge on any atom is 0.160 e. The third-order valence-corrected chi connectivity index (χ3v) is 9.88. The molecule has 0 fully saturated rings. The maximum absolute atomic E-state index is 6.81. The Hall–Kier alpha value is -6.84. The molecule has 0 atom stereocenters. The predicted molar refractivity (Wildman–Crippen MR) is 212 cm³/mol. The molecule has 238 valence electrons. The molecule has 8 aromatic carbocycles. The van der Waals surface area contributed by atoms with Crippen molar-refractivity contribution in [2.75, 3.05) is 0 Å². The lowest BCUT2D eigenvalue weighted by atomic mass is 9.93. The topological polar surface area (TPSA) is 38.9 Å². The minimum absolute atomic E-state index is 0.649. The lowest BCUT2D eigenvalue weighted by molar-refractivity contribution is 0.673. The Morgan fingerprint density at radius 2 is 0.922 bits per heavy atom. The largest absolute Gasteiger partial charge is 0.455 e. The van der Waals surface area contributed by atoms with Crippen LogP contribution in [0.5, 0.6) is 0 Å². The van der Waals surface area contributed by atoms with E-state index in [0.29, 0.717) is 5.82 Å². The zero-order valence-corrected chi connectivity index (χ0v) is 27.6. The fraction of sp³-hybridized carbons (Fsp3) is 0. The summed E-state index contributed by atoms with van der Waals surface area (Å²) in [6, 6.07) is 63.8. The average Bonchev–Trinajstić information content (AvgIpc) is 3.60. The molecule has 10 rings (SSSR count). The second-order valence-electron chi connectivity index (χ2n) is 13.0. The SMILES string of the molecule is c1ccc(-c2cc(-c3ccccc3)nc(-c3cc(-c4ccc(-c5cccc6ccccc56)cc4)c4c(c3)oc3c5ccccc5ccc34)n2)cc1. The Kier molecular flexibility index (Phi) is 6.81. The van der Waals surface area contributed by atoms with E-state index in [1.165, 1.54) is 21.9 Å². The maximum atomic E-state index is 6.81. The van der Waals surface area contributed by atoms with E-state index in [9.17, 15) is 0 Å². The van der Waals surface area contributed by atoms with Crippen molar-refractivity contribution in [2.45, 2.75) is 0 Å². The lowest BCUT2D eigenvalue weighted by Gasteiger charge is -2.12. The molecular weight excluding hydrogens is 621 g/mol. The summed E-state index contributed by atoms with van der Waals surface area (Å²) in [6.45, 7) is 0. The highest BCUT2D eigenvalue weighted by Crippen LogP contribution is 2.43. The summed E-state index contributed by atoms with van der Waals surface area (Å²) >= 11 is 0. The molecule has 10 aromatic rings. The van der Waals surface area contributed by atoms with E-state index < -0.39 is 0 Å². The minimum Gasteiger partial charge on any atom is -0.455 e. The van der Waals surface area contributed by atoms with Gasteiger partial charge in [-0.05, 0) is 62.7 Å². The molecule has 2 heterocycles. The van der Waals surface area contributed by atoms with Crippen molar-refractivity contribution in [1.82, 2.24) is 9.97 Å². The highest BCUT2D eigenvalue weighted by molar-refractivity contribution is 6.19. The van der Waals surface area contributed by atoms with Crippen LogP contribution in [-0.2, 0) is 0 Å². The van der Waals surface area contributed by atoms with Gasteiger partial charge in [-0.15, -0.1) is 0 Å². The molecule has 51 heavy (non-hydrogen) atoms. The van der Waals surface area contributed by atoms with E-state index in [2.05, 4.69) is 146 Å². The fourth-order valence-electron chi connectivity index (χ4n) is 7.39. The third kappa shape index (κ3) is 5.06. The van der Waals surface area contributed by atoms with Gasteiger partial charge >= 0.3 is 0 Å². The number of fused-ring (bicyclic) bond motifs is 6. The Morgan fingerprint density at radius 3 is 1.61 bits per heavy atom. The second kappa shape index (κ2) is 11.9. The molecule has 0 unspecified atom stereocenters. The Balaban J connectivity index is 1.21. The van der Waals surface area contributed by atoms with Crippen LogP contribution >= 0.6 is 0 Å². The van der Waals surface area contributed by atoms with Gasteiger partial charge in [-0.3, -0.25) is 0 Å². The molecule has 0 aliphatic carbocycles. The fourth-order valence-corrected chi connectivity index (χ4v) is 7.39. The molecular formula is C48H30N2O. The standard InChI is InChI=1S/C48H30N2O/c1-3-14-35(15-4-1)43-30-44(36-16-5-2-6-17-36)50-48(49-43)37-28-42(46-41-27-26-32-13-8-10-20-40(32)47(41)51-45(46)29-37)34-24-22-33(23-25-34)39-21-11-18-31-12-7-9-19-38(31)39/h1-30H. The molecule has 2 aromatic heterocycles. The quantitative estimate of drug-likeness (QED) is 0.186. The van der Waals surface area contributed by atoms with Crippen molar-refractivity contribution in [3.63, 3.8) is 0 Å². The van der Waals surface area contributed by atoms with Crippen LogP contribution in [-0.4, -0.2) is 9.97 Å². The van der Waals surface area contributed by atoms with Crippen LogP contribution in [0, 0.1) is 0 Å². The molecule has 0 aliphatic heterocycles. The number of aromatic nitrogens is 2. The first-order valence-corrected chi connectivity index (χ1v) is 17.2. The van der Waals surface area contributed by atoms with Crippen molar-refractivity contribution < 1.29 is 4.42 Å². The lowest BCUT2D eigenvalue weighted by Crippen LogP contribution is -1.96. The average molecular weight is 651 g/mol. The van der Waals surface area contributed by atoms with E-state index in [0.717, 1.165) is 71.9 Å². The highest BCUT2D eigenvalue weighted by atomic mass is 16.3. The van der Waals surface area contributed by atoms with Crippen molar-refractivity contribution >= 4 is 43.5 Å². The normalized spacial score (nSPS) is 11.5. The summed E-state index contributed by atoms with van der Waals surface area (Å²) in [5.74, 6) is 0.649. The molecule has 0 spiro atoms. The van der Waals surface area contributed by atoms with Gasteiger partial charge in [0.25, 0.3) is 0 Å². The van der Waals surface area contributed by atoms with Gasteiger partial charge in [0.1, 0.15) is 11.2 Å². The summed E-state index contributed by atoms with van der Waals surface area (Å²) in [5, 5.41) is 6.90. The zero-order chi connectivity index (χ0) is 33.7. The first kappa shape index (κ1) is 29.1. The van der Waals surface area contributed by atoms with Crippen LogP contribution in [0.15, 0.2) is 186 Å². The minimum atomic E-state index is 0.649. The molecule has 0 saturated carbocycles. The van der Waals surface area contributed by atoms with Gasteiger partial charge in [0.05, 0.1) is 11.4 Å².